The minimum atomic E-state index is -0.421. The lowest BCUT2D eigenvalue weighted by atomic mass is 10.1. The van der Waals surface area contributed by atoms with Crippen LogP contribution in [0.1, 0.15) is 38.2 Å². The lowest BCUT2D eigenvalue weighted by Gasteiger charge is -2.02. The molecule has 4 rings (SSSR count). The fraction of sp³-hybridized carbons (Fsp3) is 0.278. The molecule has 1 saturated carbocycles. The summed E-state index contributed by atoms with van der Waals surface area (Å²) in [5.41, 5.74) is 9.47. The number of nitrogens with zero attached hydrogens (tertiary/aromatic N) is 4. The maximum Gasteiger partial charge on any atom is 0.234 e. The van der Waals surface area contributed by atoms with E-state index in [1.807, 2.05) is 30.6 Å². The predicted octanol–water partition coefficient (Wildman–Crippen LogP) is 3.36. The Morgan fingerprint density at radius 1 is 1.35 bits per heavy atom. The number of nitrogens with one attached hydrogen (secondary N) is 1. The van der Waals surface area contributed by atoms with Crippen molar-refractivity contribution in [2.75, 3.05) is 0 Å². The molecule has 1 aliphatic rings. The van der Waals surface area contributed by atoms with Crippen molar-refractivity contribution in [2.45, 2.75) is 32.6 Å². The third kappa shape index (κ3) is 3.65. The van der Waals surface area contributed by atoms with Gasteiger partial charge in [0, 0.05) is 24.2 Å². The number of nitrogens with two attached hydrogens (primary N) is 1. The highest BCUT2D eigenvalue weighted by Gasteiger charge is 2.24. The molecule has 0 saturated heterocycles. The topological polar surface area (TPSA) is 101 Å². The highest BCUT2D eigenvalue weighted by molar-refractivity contribution is 5.80. The summed E-state index contributed by atoms with van der Waals surface area (Å²) >= 11 is 0. The van der Waals surface area contributed by atoms with Crippen LogP contribution in [-0.2, 0) is 0 Å². The first kappa shape index (κ1) is 17.8. The van der Waals surface area contributed by atoms with Gasteiger partial charge in [0.15, 0.2) is 0 Å². The largest absolute Gasteiger partial charge is 0.368 e. The summed E-state index contributed by atoms with van der Waals surface area (Å²) in [6.45, 7) is 4.00. The molecule has 0 amide bonds. The number of halogens is 1. The molecule has 0 atom stereocenters. The second kappa shape index (κ2) is 7.49. The van der Waals surface area contributed by atoms with E-state index in [1.54, 1.807) is 11.7 Å². The zero-order valence-electron chi connectivity index (χ0n) is 14.6. The van der Waals surface area contributed by atoms with E-state index >= 15 is 0 Å². The van der Waals surface area contributed by atoms with E-state index in [4.69, 9.17) is 10.9 Å². The molecule has 26 heavy (non-hydrogen) atoms. The summed E-state index contributed by atoms with van der Waals surface area (Å²) in [5.74, 6) is 0.490. The molecule has 1 aromatic carbocycles. The number of imidazole rings is 1. The second-order valence-corrected chi connectivity index (χ2v) is 5.77. The van der Waals surface area contributed by atoms with Gasteiger partial charge in [-0.25, -0.2) is 24.8 Å². The zero-order chi connectivity index (χ0) is 18.7. The molecule has 0 aliphatic heterocycles. The summed E-state index contributed by atoms with van der Waals surface area (Å²) in [7, 11) is 0. The number of fused-ring (bicyclic) bond motifs is 1. The van der Waals surface area contributed by atoms with Gasteiger partial charge in [-0.2, -0.15) is 0 Å². The van der Waals surface area contributed by atoms with Crippen molar-refractivity contribution >= 4 is 17.4 Å². The molecule has 0 unspecified atom stereocenters. The van der Waals surface area contributed by atoms with E-state index in [0.29, 0.717) is 28.6 Å². The maximum absolute atomic E-state index is 14.2. The highest BCUT2D eigenvalue weighted by Crippen LogP contribution is 2.39. The lowest BCUT2D eigenvalue weighted by molar-refractivity contribution is 0.233. The van der Waals surface area contributed by atoms with Crippen molar-refractivity contribution in [1.82, 2.24) is 19.8 Å². The molecule has 4 N–H and O–H groups in total. The van der Waals surface area contributed by atoms with Gasteiger partial charge in [0.05, 0.1) is 11.4 Å². The van der Waals surface area contributed by atoms with Gasteiger partial charge in [-0.15, -0.1) is 0 Å². The molecule has 0 bridgehead atoms. The average Bonchev–Trinajstić information content (AvgIpc) is 3.43. The molecule has 2 aromatic heterocycles. The van der Waals surface area contributed by atoms with Crippen molar-refractivity contribution in [3.63, 3.8) is 0 Å². The van der Waals surface area contributed by atoms with Crippen LogP contribution in [0, 0.1) is 5.82 Å². The van der Waals surface area contributed by atoms with Crippen LogP contribution in [0.25, 0.3) is 17.0 Å². The Kier molecular flexibility index (Phi) is 5.13. The Labute approximate surface area is 150 Å². The Hall–Kier alpha value is -3.00. The van der Waals surface area contributed by atoms with Gasteiger partial charge < -0.3 is 5.73 Å². The van der Waals surface area contributed by atoms with Gasteiger partial charge in [-0.05, 0) is 42.5 Å². The molecule has 2 heterocycles. The summed E-state index contributed by atoms with van der Waals surface area (Å²) in [6.07, 6.45) is 7.93. The van der Waals surface area contributed by atoms with Crippen LogP contribution in [0.15, 0.2) is 41.8 Å². The van der Waals surface area contributed by atoms with Crippen molar-refractivity contribution in [2.24, 2.45) is 10.7 Å². The zero-order valence-corrected chi connectivity index (χ0v) is 14.6. The van der Waals surface area contributed by atoms with E-state index in [1.165, 1.54) is 36.6 Å². The number of hydrogen-bond acceptors (Lipinski definition) is 4. The number of guanidine groups is 1. The molecule has 1 fully saturated rings. The molecule has 7 nitrogen and oxygen atoms in total. The van der Waals surface area contributed by atoms with Gasteiger partial charge >= 0.3 is 0 Å². The molecular formula is C18H21FN6O. The Morgan fingerprint density at radius 2 is 2.12 bits per heavy atom. The summed E-state index contributed by atoms with van der Waals surface area (Å²) in [4.78, 5) is 12.6. The van der Waals surface area contributed by atoms with Crippen LogP contribution in [0.3, 0.4) is 0 Å². The average molecular weight is 356 g/mol. The van der Waals surface area contributed by atoms with Crippen molar-refractivity contribution in [1.29, 1.82) is 0 Å². The Balaban J connectivity index is 0.000000948. The smallest absolute Gasteiger partial charge is 0.234 e. The fourth-order valence-electron chi connectivity index (χ4n) is 2.60. The lowest BCUT2D eigenvalue weighted by Crippen LogP contribution is -2.27. The molecule has 3 aromatic rings. The van der Waals surface area contributed by atoms with Crippen molar-refractivity contribution < 1.29 is 9.60 Å². The molecule has 0 radical (unpaired) electrons. The SMILES string of the molecule is CC.NC(=Nc1ccc(F)c(-c2cn3cc(C4CC4)cnc3n2)c1)NO. The van der Waals surface area contributed by atoms with Crippen LogP contribution in [0.2, 0.25) is 0 Å². The molecular weight excluding hydrogens is 335 g/mol. The third-order valence-electron chi connectivity index (χ3n) is 3.97. The van der Waals surface area contributed by atoms with Gasteiger partial charge in [-0.3, -0.25) is 9.61 Å². The van der Waals surface area contributed by atoms with Crippen LogP contribution >= 0.6 is 0 Å². The summed E-state index contributed by atoms with van der Waals surface area (Å²) in [5, 5.41) is 8.70. The highest BCUT2D eigenvalue weighted by atomic mass is 19.1. The number of aromatic nitrogens is 3. The maximum atomic E-state index is 14.2. The number of aliphatic imine (C=N–C) groups is 1. The Morgan fingerprint density at radius 3 is 2.81 bits per heavy atom. The van der Waals surface area contributed by atoms with E-state index in [2.05, 4.69) is 15.0 Å². The van der Waals surface area contributed by atoms with Crippen LogP contribution in [-0.4, -0.2) is 25.5 Å². The minimum Gasteiger partial charge on any atom is -0.368 e. The standard InChI is InChI=1S/C16H15FN6O.C2H6/c17-13-4-3-11(20-15(18)22-24)5-12(13)14-8-23-7-10(9-1-2-9)6-19-16(23)21-14;1-2/h3-9,24H,1-2H2,(H3,18,20,22);1-2H3. The molecule has 8 heteroatoms. The number of hydroxylamine groups is 1. The van der Waals surface area contributed by atoms with E-state index in [9.17, 15) is 4.39 Å². The number of hydrogen-bond donors (Lipinski definition) is 3. The van der Waals surface area contributed by atoms with Gasteiger partial charge in [0.25, 0.3) is 0 Å². The fourth-order valence-corrected chi connectivity index (χ4v) is 2.60. The van der Waals surface area contributed by atoms with Crippen molar-refractivity contribution in [3.8, 4) is 11.3 Å². The van der Waals surface area contributed by atoms with Gasteiger partial charge in [-0.1, -0.05) is 13.8 Å². The normalized spacial score (nSPS) is 14.1. The quantitative estimate of drug-likeness (QED) is 0.379. The first-order valence-electron chi connectivity index (χ1n) is 8.53. The van der Waals surface area contributed by atoms with Gasteiger partial charge in [0.2, 0.25) is 11.7 Å². The summed E-state index contributed by atoms with van der Waals surface area (Å²) < 4.78 is 16.0. The molecule has 0 spiro atoms. The Bertz CT molecular complexity index is 948. The van der Waals surface area contributed by atoms with Gasteiger partial charge in [0.1, 0.15) is 5.82 Å². The van der Waals surface area contributed by atoms with E-state index in [0.717, 1.165) is 0 Å². The van der Waals surface area contributed by atoms with Crippen molar-refractivity contribution in [3.05, 3.63) is 48.2 Å². The third-order valence-corrected chi connectivity index (χ3v) is 3.97. The minimum absolute atomic E-state index is 0.182. The summed E-state index contributed by atoms with van der Waals surface area (Å²) in [6, 6.07) is 4.26. The monoisotopic (exact) mass is 356 g/mol. The first-order valence-corrected chi connectivity index (χ1v) is 8.53. The van der Waals surface area contributed by atoms with Crippen LogP contribution < -0.4 is 11.2 Å². The van der Waals surface area contributed by atoms with E-state index in [-0.39, 0.29) is 5.96 Å². The second-order valence-electron chi connectivity index (χ2n) is 5.77. The molecule has 136 valence electrons. The number of rotatable bonds is 3. The van der Waals surface area contributed by atoms with Crippen LogP contribution in [0.4, 0.5) is 10.1 Å². The predicted molar refractivity (Wildman–Crippen MR) is 97.9 cm³/mol. The first-order chi connectivity index (χ1) is 12.6. The number of benzene rings is 1. The molecule has 1 aliphatic carbocycles. The van der Waals surface area contributed by atoms with E-state index < -0.39 is 5.82 Å². The van der Waals surface area contributed by atoms with Crippen LogP contribution in [0.5, 0.6) is 0 Å².